The van der Waals surface area contributed by atoms with Crippen LogP contribution in [0.15, 0.2) is 122 Å². The third-order valence-electron chi connectivity index (χ3n) is 10.6. The van der Waals surface area contributed by atoms with Crippen LogP contribution in [0.5, 0.6) is 0 Å². The zero-order chi connectivity index (χ0) is 54.4. The SMILES string of the molecule is FC(F)(F)c1cc([B-](c2cc(C(F)(F)F)cc(C(F)(F)F)c2)(c2cc(C(F)(F)F)cc(C(F)(F)F)c2)c2cc(C(F)(F)F)cc(C(F)(F)F)c2)cc(C(F)(F)F)c1.N#Cc1ccc(C[n+]2ccncc2)cc1. The van der Waals surface area contributed by atoms with Crippen LogP contribution >= 0.6 is 0 Å². The molecule has 0 saturated carbocycles. The molecule has 0 N–H and O–H groups in total. The van der Waals surface area contributed by atoms with E-state index in [0.717, 1.165) is 6.54 Å². The number of benzene rings is 5. The first-order valence-electron chi connectivity index (χ1n) is 19.3. The van der Waals surface area contributed by atoms with Crippen molar-refractivity contribution in [2.24, 2.45) is 0 Å². The minimum Gasteiger partial charge on any atom is -0.252 e. The Morgan fingerprint density at radius 1 is 0.361 bits per heavy atom. The molecule has 0 amide bonds. The van der Waals surface area contributed by atoms with Crippen molar-refractivity contribution in [1.82, 2.24) is 4.98 Å². The normalized spacial score (nSPS) is 13.3. The van der Waals surface area contributed by atoms with Gasteiger partial charge in [0.1, 0.15) is 6.15 Å². The Morgan fingerprint density at radius 3 is 0.778 bits per heavy atom. The highest BCUT2D eigenvalue weighted by atomic mass is 19.4. The van der Waals surface area contributed by atoms with Gasteiger partial charge in [-0.25, -0.2) is 0 Å². The zero-order valence-electron chi connectivity index (χ0n) is 34.7. The number of aromatic nitrogens is 2. The molecule has 384 valence electrons. The van der Waals surface area contributed by atoms with Crippen LogP contribution in [-0.2, 0) is 56.0 Å². The van der Waals surface area contributed by atoms with Crippen LogP contribution in [0.4, 0.5) is 105 Å². The highest BCUT2D eigenvalue weighted by Gasteiger charge is 2.47. The molecule has 72 heavy (non-hydrogen) atoms. The number of nitriles is 1. The Labute approximate surface area is 387 Å². The van der Waals surface area contributed by atoms with Gasteiger partial charge >= 0.3 is 49.4 Å². The molecule has 0 aliphatic heterocycles. The van der Waals surface area contributed by atoms with E-state index in [1.165, 1.54) is 5.56 Å². The van der Waals surface area contributed by atoms with Crippen LogP contribution in [0.3, 0.4) is 0 Å². The van der Waals surface area contributed by atoms with Gasteiger partial charge in [0.25, 0.3) is 0 Å². The molecule has 0 fully saturated rings. The minimum atomic E-state index is -6.13. The van der Waals surface area contributed by atoms with Crippen LogP contribution in [-0.4, -0.2) is 11.1 Å². The molecule has 6 aromatic rings. The van der Waals surface area contributed by atoms with E-state index in [-0.39, 0.29) is 0 Å². The van der Waals surface area contributed by atoms with E-state index in [1.807, 2.05) is 41.2 Å². The Bertz CT molecular complexity index is 2500. The van der Waals surface area contributed by atoms with Crippen molar-refractivity contribution in [1.29, 1.82) is 5.26 Å². The predicted octanol–water partition coefficient (Wildman–Crippen LogP) is 12.5. The second kappa shape index (κ2) is 19.2. The summed E-state index contributed by atoms with van der Waals surface area (Å²) < 4.78 is 343. The van der Waals surface area contributed by atoms with Gasteiger partial charge in [-0.3, -0.25) is 4.98 Å². The van der Waals surface area contributed by atoms with Gasteiger partial charge in [-0.2, -0.15) is 137 Å². The van der Waals surface area contributed by atoms with Gasteiger partial charge in [0, 0.05) is 5.56 Å². The van der Waals surface area contributed by atoms with Crippen molar-refractivity contribution in [2.75, 3.05) is 0 Å². The molecular formula is C44H22BF24N3. The van der Waals surface area contributed by atoms with Gasteiger partial charge in [0.05, 0.1) is 68.5 Å². The lowest BCUT2D eigenvalue weighted by Gasteiger charge is -2.46. The van der Waals surface area contributed by atoms with Crippen LogP contribution in [0.25, 0.3) is 0 Å². The molecule has 0 unspecified atom stereocenters. The van der Waals surface area contributed by atoms with E-state index in [4.69, 9.17) is 5.26 Å². The molecule has 6 rings (SSSR count). The van der Waals surface area contributed by atoms with Crippen LogP contribution in [0.1, 0.15) is 55.6 Å². The quantitative estimate of drug-likeness (QED) is 0.0947. The summed E-state index contributed by atoms with van der Waals surface area (Å²) in [6.07, 6.45) is -47.5. The minimum absolute atomic E-state index is 0.691. The van der Waals surface area contributed by atoms with E-state index < -0.39 is 195 Å². The van der Waals surface area contributed by atoms with Gasteiger partial charge in [-0.05, 0) is 36.4 Å². The van der Waals surface area contributed by atoms with Crippen LogP contribution < -0.4 is 26.4 Å². The fraction of sp³-hybridized carbons (Fsp3) is 0.205. The smallest absolute Gasteiger partial charge is 0.252 e. The average molecular weight is 1060 g/mol. The van der Waals surface area contributed by atoms with Gasteiger partial charge in [-0.15, -0.1) is 0 Å². The molecule has 0 bridgehead atoms. The van der Waals surface area contributed by atoms with Crippen molar-refractivity contribution in [3.8, 4) is 6.07 Å². The predicted molar refractivity (Wildman–Crippen MR) is 205 cm³/mol. The summed E-state index contributed by atoms with van der Waals surface area (Å²) in [5.41, 5.74) is -28.3. The number of rotatable bonds is 6. The van der Waals surface area contributed by atoms with Crippen molar-refractivity contribution in [2.45, 2.75) is 56.0 Å². The Kier molecular flexibility index (Phi) is 15.0. The van der Waals surface area contributed by atoms with Gasteiger partial charge < -0.3 is 0 Å². The van der Waals surface area contributed by atoms with E-state index in [0.29, 0.717) is 5.56 Å². The second-order valence-electron chi connectivity index (χ2n) is 15.4. The number of hydrogen-bond acceptors (Lipinski definition) is 2. The zero-order valence-corrected chi connectivity index (χ0v) is 34.7. The molecule has 0 aliphatic rings. The lowest BCUT2D eigenvalue weighted by molar-refractivity contribution is -0.688. The highest BCUT2D eigenvalue weighted by molar-refractivity contribution is 7.20. The lowest BCUT2D eigenvalue weighted by atomic mass is 9.12. The monoisotopic (exact) mass is 1060 g/mol. The standard InChI is InChI=1S/C32H12BF24.C12H10N3/c34-25(35,36)13-1-14(26(37,38)39)6-21(5-13)33(22-7-15(27(40,41)42)2-16(8-22)28(43,44)45,23-9-17(29(46,47)48)3-18(10-23)30(49,50)51)24-11-19(31(52,53)54)4-20(12-24)32(55,56)57;13-9-11-1-3-12(4-2-11)10-15-7-5-14-6-8-15/h1-12H;1-8H,10H2/q-1;+1. The van der Waals surface area contributed by atoms with E-state index in [1.54, 1.807) is 12.4 Å². The van der Waals surface area contributed by atoms with E-state index >= 15 is 0 Å². The topological polar surface area (TPSA) is 40.6 Å². The first kappa shape index (κ1) is 56.0. The number of halogens is 24. The van der Waals surface area contributed by atoms with Gasteiger partial charge in [0.15, 0.2) is 18.9 Å². The maximum absolute atomic E-state index is 14.2. The summed E-state index contributed by atoms with van der Waals surface area (Å²) in [4.78, 5) is 3.95. The number of nitrogens with zero attached hydrogens (tertiary/aromatic N) is 3. The maximum Gasteiger partial charge on any atom is 0.416 e. The Hall–Kier alpha value is -6.95. The Morgan fingerprint density at radius 2 is 0.583 bits per heavy atom. The fourth-order valence-electron chi connectivity index (χ4n) is 7.42. The molecule has 1 aromatic heterocycles. The summed E-state index contributed by atoms with van der Waals surface area (Å²) in [6.45, 7) is 0.800. The Balaban J connectivity index is 0.000000542. The average Bonchev–Trinajstić information content (AvgIpc) is 3.25. The molecule has 28 heteroatoms. The number of hydrogen-bond donors (Lipinski definition) is 0. The first-order chi connectivity index (χ1) is 32.6. The molecule has 1 heterocycles. The molecule has 3 nitrogen and oxygen atoms in total. The van der Waals surface area contributed by atoms with Crippen LogP contribution in [0.2, 0.25) is 0 Å². The summed E-state index contributed by atoms with van der Waals surface area (Å²) in [6, 6.07) is 0.880. The largest absolute Gasteiger partial charge is 0.416 e. The van der Waals surface area contributed by atoms with Crippen molar-refractivity contribution in [3.63, 3.8) is 0 Å². The third kappa shape index (κ3) is 12.9. The molecule has 0 saturated heterocycles. The molecule has 0 aliphatic carbocycles. The molecule has 0 spiro atoms. The van der Waals surface area contributed by atoms with E-state index in [9.17, 15) is 105 Å². The van der Waals surface area contributed by atoms with Crippen LogP contribution in [0, 0.1) is 11.3 Å². The fourth-order valence-corrected chi connectivity index (χ4v) is 7.42. The molecule has 0 radical (unpaired) electrons. The summed E-state index contributed by atoms with van der Waals surface area (Å²) in [7, 11) is 0. The second-order valence-corrected chi connectivity index (χ2v) is 15.4. The molecular weight excluding hydrogens is 1040 g/mol. The third-order valence-corrected chi connectivity index (χ3v) is 10.6. The van der Waals surface area contributed by atoms with Crippen molar-refractivity contribution < 1.29 is 110 Å². The van der Waals surface area contributed by atoms with E-state index in [2.05, 4.69) is 11.1 Å². The summed E-state index contributed by atoms with van der Waals surface area (Å²) >= 11 is 0. The van der Waals surface area contributed by atoms with Gasteiger partial charge in [0.2, 0.25) is 0 Å². The van der Waals surface area contributed by atoms with Gasteiger partial charge in [-0.1, -0.05) is 60.7 Å². The first-order valence-corrected chi connectivity index (χ1v) is 19.3. The molecule has 5 aromatic carbocycles. The highest BCUT2D eigenvalue weighted by Crippen LogP contribution is 2.41. The number of alkyl halides is 24. The summed E-state index contributed by atoms with van der Waals surface area (Å²) in [5, 5.41) is 8.65. The van der Waals surface area contributed by atoms with Crippen molar-refractivity contribution >= 4 is 28.0 Å². The maximum atomic E-state index is 14.2. The summed E-state index contributed by atoms with van der Waals surface area (Å²) in [5.74, 6) is 0. The van der Waals surface area contributed by atoms with Crippen molar-refractivity contribution in [3.05, 3.63) is 177 Å². The lowest BCUT2D eigenvalue weighted by Crippen LogP contribution is -2.75. The molecule has 0 atom stereocenters.